The summed E-state index contributed by atoms with van der Waals surface area (Å²) in [6, 6.07) is 12.9. The monoisotopic (exact) mass is 331 g/mol. The van der Waals surface area contributed by atoms with Crippen molar-refractivity contribution in [1.82, 2.24) is 0 Å². The van der Waals surface area contributed by atoms with Gasteiger partial charge in [-0.25, -0.2) is 0 Å². The van der Waals surface area contributed by atoms with Crippen LogP contribution in [0.1, 0.15) is 24.2 Å². The molecular weight excluding hydrogens is 310 g/mol. The molecular formula is C18H21NO3S. The number of benzene rings is 2. The molecule has 2 aromatic carbocycles. The van der Waals surface area contributed by atoms with E-state index < -0.39 is 0 Å². The molecule has 0 aliphatic heterocycles. The number of nitrogens with one attached hydrogen (secondary N) is 1. The third kappa shape index (κ3) is 4.42. The Bertz CT molecular complexity index is 686. The quantitative estimate of drug-likeness (QED) is 0.794. The number of amides is 1. The zero-order chi connectivity index (χ0) is 16.8. The normalized spacial score (nSPS) is 10.5. The van der Waals surface area contributed by atoms with Crippen LogP contribution in [-0.4, -0.2) is 25.4 Å². The third-order valence-corrected chi connectivity index (χ3v) is 3.94. The largest absolute Gasteiger partial charge is 0.493 e. The van der Waals surface area contributed by atoms with Gasteiger partial charge in [0.1, 0.15) is 0 Å². The van der Waals surface area contributed by atoms with Gasteiger partial charge >= 0.3 is 0 Å². The van der Waals surface area contributed by atoms with Crippen molar-refractivity contribution in [1.29, 1.82) is 0 Å². The van der Waals surface area contributed by atoms with E-state index in [0.29, 0.717) is 17.1 Å². The van der Waals surface area contributed by atoms with Crippen LogP contribution in [0, 0.1) is 0 Å². The second-order valence-corrected chi connectivity index (χ2v) is 6.03. The van der Waals surface area contributed by atoms with Gasteiger partial charge in [0.15, 0.2) is 11.5 Å². The highest BCUT2D eigenvalue weighted by molar-refractivity contribution is 7.98. The molecule has 0 fully saturated rings. The molecule has 0 aromatic heterocycles. The molecule has 0 aliphatic carbocycles. The molecule has 0 atom stereocenters. The van der Waals surface area contributed by atoms with E-state index in [9.17, 15) is 4.79 Å². The van der Waals surface area contributed by atoms with Crippen molar-refractivity contribution < 1.29 is 14.3 Å². The lowest BCUT2D eigenvalue weighted by atomic mass is 10.1. The summed E-state index contributed by atoms with van der Waals surface area (Å²) in [5, 5.41) is 2.93. The van der Waals surface area contributed by atoms with Gasteiger partial charge in [-0.1, -0.05) is 12.1 Å². The molecule has 2 rings (SSSR count). The Hall–Kier alpha value is -2.14. The van der Waals surface area contributed by atoms with Crippen LogP contribution >= 0.6 is 11.8 Å². The SMILES string of the molecule is COc1cc(C(=O)Nc2ccccc2SC)ccc1OC(C)C. The number of ether oxygens (including phenoxy) is 2. The van der Waals surface area contributed by atoms with Gasteiger partial charge in [-0.2, -0.15) is 0 Å². The molecule has 0 heterocycles. The lowest BCUT2D eigenvalue weighted by molar-refractivity contribution is 0.102. The van der Waals surface area contributed by atoms with Crippen LogP contribution in [0.15, 0.2) is 47.4 Å². The van der Waals surface area contributed by atoms with Gasteiger partial charge in [-0.05, 0) is 50.4 Å². The van der Waals surface area contributed by atoms with E-state index in [0.717, 1.165) is 10.6 Å². The molecule has 0 spiro atoms. The van der Waals surface area contributed by atoms with Crippen LogP contribution in [0.2, 0.25) is 0 Å². The van der Waals surface area contributed by atoms with Gasteiger partial charge < -0.3 is 14.8 Å². The highest BCUT2D eigenvalue weighted by Crippen LogP contribution is 2.30. The van der Waals surface area contributed by atoms with Crippen molar-refractivity contribution in [2.75, 3.05) is 18.7 Å². The van der Waals surface area contributed by atoms with Crippen LogP contribution in [0.5, 0.6) is 11.5 Å². The summed E-state index contributed by atoms with van der Waals surface area (Å²) in [5.41, 5.74) is 1.32. The first kappa shape index (κ1) is 17.2. The Morgan fingerprint density at radius 1 is 1.13 bits per heavy atom. The van der Waals surface area contributed by atoms with Crippen molar-refractivity contribution in [2.24, 2.45) is 0 Å². The van der Waals surface area contributed by atoms with Gasteiger partial charge in [-0.3, -0.25) is 4.79 Å². The summed E-state index contributed by atoms with van der Waals surface area (Å²) in [7, 11) is 1.56. The smallest absolute Gasteiger partial charge is 0.255 e. The van der Waals surface area contributed by atoms with Crippen LogP contribution in [0.4, 0.5) is 5.69 Å². The van der Waals surface area contributed by atoms with Crippen LogP contribution in [0.25, 0.3) is 0 Å². The predicted octanol–water partition coefficient (Wildman–Crippen LogP) is 4.46. The summed E-state index contributed by atoms with van der Waals surface area (Å²) >= 11 is 1.59. The summed E-state index contributed by atoms with van der Waals surface area (Å²) in [5.74, 6) is 0.994. The molecule has 23 heavy (non-hydrogen) atoms. The molecule has 0 saturated heterocycles. The van der Waals surface area contributed by atoms with E-state index in [4.69, 9.17) is 9.47 Å². The van der Waals surface area contributed by atoms with Gasteiger partial charge in [0.2, 0.25) is 0 Å². The van der Waals surface area contributed by atoms with Crippen LogP contribution < -0.4 is 14.8 Å². The van der Waals surface area contributed by atoms with Crippen molar-refractivity contribution in [3.63, 3.8) is 0 Å². The summed E-state index contributed by atoms with van der Waals surface area (Å²) < 4.78 is 11.0. The molecule has 0 aliphatic rings. The van der Waals surface area contributed by atoms with Gasteiger partial charge in [-0.15, -0.1) is 11.8 Å². The van der Waals surface area contributed by atoms with E-state index in [1.807, 2.05) is 44.4 Å². The van der Waals surface area contributed by atoms with Gasteiger partial charge in [0, 0.05) is 10.5 Å². The molecule has 0 saturated carbocycles. The first-order valence-corrected chi connectivity index (χ1v) is 8.56. The van der Waals surface area contributed by atoms with E-state index in [1.54, 1.807) is 37.1 Å². The fourth-order valence-electron chi connectivity index (χ4n) is 2.10. The zero-order valence-corrected chi connectivity index (χ0v) is 14.6. The second-order valence-electron chi connectivity index (χ2n) is 5.19. The van der Waals surface area contributed by atoms with E-state index in [-0.39, 0.29) is 12.0 Å². The van der Waals surface area contributed by atoms with Crippen molar-refractivity contribution in [2.45, 2.75) is 24.8 Å². The second kappa shape index (κ2) is 7.92. The summed E-state index contributed by atoms with van der Waals surface area (Å²) in [6.45, 7) is 3.89. The van der Waals surface area contributed by atoms with E-state index >= 15 is 0 Å². The molecule has 0 radical (unpaired) electrons. The number of anilines is 1. The maximum absolute atomic E-state index is 12.5. The Balaban J connectivity index is 2.22. The number of carbonyl (C=O) groups excluding carboxylic acids is 1. The Labute approximate surface area is 141 Å². The number of rotatable bonds is 6. The zero-order valence-electron chi connectivity index (χ0n) is 13.8. The number of methoxy groups -OCH3 is 1. The minimum Gasteiger partial charge on any atom is -0.493 e. The number of thioether (sulfide) groups is 1. The van der Waals surface area contributed by atoms with E-state index in [1.165, 1.54) is 0 Å². The highest BCUT2D eigenvalue weighted by Gasteiger charge is 2.13. The predicted molar refractivity (Wildman–Crippen MR) is 94.9 cm³/mol. The highest BCUT2D eigenvalue weighted by atomic mass is 32.2. The maximum atomic E-state index is 12.5. The fourth-order valence-corrected chi connectivity index (χ4v) is 2.66. The number of para-hydroxylation sites is 1. The van der Waals surface area contributed by atoms with Crippen LogP contribution in [-0.2, 0) is 0 Å². The van der Waals surface area contributed by atoms with Crippen molar-refractivity contribution in [3.05, 3.63) is 48.0 Å². The molecule has 122 valence electrons. The van der Waals surface area contributed by atoms with Crippen molar-refractivity contribution in [3.8, 4) is 11.5 Å². The third-order valence-electron chi connectivity index (χ3n) is 3.14. The molecule has 5 heteroatoms. The van der Waals surface area contributed by atoms with Gasteiger partial charge in [0.05, 0.1) is 18.9 Å². The maximum Gasteiger partial charge on any atom is 0.255 e. The lowest BCUT2D eigenvalue weighted by Crippen LogP contribution is -2.13. The van der Waals surface area contributed by atoms with E-state index in [2.05, 4.69) is 5.32 Å². The summed E-state index contributed by atoms with van der Waals surface area (Å²) in [4.78, 5) is 13.5. The topological polar surface area (TPSA) is 47.6 Å². The average Bonchev–Trinajstić information content (AvgIpc) is 2.55. The molecule has 2 aromatic rings. The molecule has 0 bridgehead atoms. The molecule has 1 amide bonds. The summed E-state index contributed by atoms with van der Waals surface area (Å²) in [6.07, 6.45) is 2.02. The number of hydrogen-bond donors (Lipinski definition) is 1. The molecule has 1 N–H and O–H groups in total. The fraction of sp³-hybridized carbons (Fsp3) is 0.278. The Morgan fingerprint density at radius 2 is 1.87 bits per heavy atom. The first-order valence-electron chi connectivity index (χ1n) is 7.34. The number of hydrogen-bond acceptors (Lipinski definition) is 4. The molecule has 4 nitrogen and oxygen atoms in total. The Kier molecular flexibility index (Phi) is 5.93. The van der Waals surface area contributed by atoms with Gasteiger partial charge in [0.25, 0.3) is 5.91 Å². The first-order chi connectivity index (χ1) is 11.0. The Morgan fingerprint density at radius 3 is 2.52 bits per heavy atom. The number of carbonyl (C=O) groups is 1. The average molecular weight is 331 g/mol. The lowest BCUT2D eigenvalue weighted by Gasteiger charge is -2.15. The minimum atomic E-state index is -0.180. The minimum absolute atomic E-state index is 0.0389. The molecule has 0 unspecified atom stereocenters. The van der Waals surface area contributed by atoms with Crippen molar-refractivity contribution >= 4 is 23.4 Å². The van der Waals surface area contributed by atoms with Crippen LogP contribution in [0.3, 0.4) is 0 Å². The standard InChI is InChI=1S/C18H21NO3S/c1-12(2)22-15-10-9-13(11-16(15)21-3)18(20)19-14-7-5-6-8-17(14)23-4/h5-12H,1-4H3,(H,19,20).